The van der Waals surface area contributed by atoms with E-state index in [0.29, 0.717) is 17.6 Å². The molecule has 0 atom stereocenters. The summed E-state index contributed by atoms with van der Waals surface area (Å²) in [4.78, 5) is 11.1. The number of rotatable bonds is 5. The lowest BCUT2D eigenvalue weighted by molar-refractivity contribution is 0.122. The van der Waals surface area contributed by atoms with Crippen molar-refractivity contribution < 1.29 is 9.26 Å². The van der Waals surface area contributed by atoms with Crippen LogP contribution in [0.3, 0.4) is 0 Å². The van der Waals surface area contributed by atoms with E-state index in [9.17, 15) is 0 Å². The number of nitrogens with zero attached hydrogens (tertiary/aromatic N) is 4. The van der Waals surface area contributed by atoms with Crippen molar-refractivity contribution in [1.82, 2.24) is 15.1 Å². The topological polar surface area (TPSA) is 88.3 Å². The Kier molecular flexibility index (Phi) is 4.98. The van der Waals surface area contributed by atoms with E-state index in [4.69, 9.17) is 9.26 Å². The summed E-state index contributed by atoms with van der Waals surface area (Å²) in [6.07, 6.45) is 3.17. The second-order valence-electron chi connectivity index (χ2n) is 5.67. The molecule has 26 heavy (non-hydrogen) atoms. The van der Waals surface area contributed by atoms with Crippen molar-refractivity contribution in [2.45, 2.75) is 0 Å². The molecular weight excluding hydrogens is 400 g/mol. The van der Waals surface area contributed by atoms with Gasteiger partial charge in [0.1, 0.15) is 6.26 Å². The standard InChI is InChI=1S/C17H17BrN6O2/c18-14-11-19-17(22-16(14)21-15-5-8-26-23-15)20-12-1-3-13(4-2-12)24-6-9-25-10-7-24/h1-5,8,11H,6-7,9-10H2,(H2,19,20,21,22,23). The second-order valence-corrected chi connectivity index (χ2v) is 6.53. The molecule has 9 heteroatoms. The van der Waals surface area contributed by atoms with E-state index in [-0.39, 0.29) is 0 Å². The van der Waals surface area contributed by atoms with Crippen molar-refractivity contribution in [3.05, 3.63) is 47.3 Å². The minimum atomic E-state index is 0.485. The summed E-state index contributed by atoms with van der Waals surface area (Å²) >= 11 is 3.43. The monoisotopic (exact) mass is 416 g/mol. The molecule has 1 aliphatic rings. The van der Waals surface area contributed by atoms with Gasteiger partial charge in [0.15, 0.2) is 11.6 Å². The SMILES string of the molecule is Brc1cnc(Nc2ccc(N3CCOCC3)cc2)nc1Nc1ccon1. The number of aromatic nitrogens is 3. The summed E-state index contributed by atoms with van der Waals surface area (Å²) in [7, 11) is 0. The molecule has 3 heterocycles. The fraction of sp³-hybridized carbons (Fsp3) is 0.235. The van der Waals surface area contributed by atoms with Gasteiger partial charge in [-0.25, -0.2) is 4.98 Å². The van der Waals surface area contributed by atoms with E-state index >= 15 is 0 Å². The van der Waals surface area contributed by atoms with Crippen molar-refractivity contribution in [3.8, 4) is 0 Å². The molecule has 1 fully saturated rings. The van der Waals surface area contributed by atoms with E-state index in [1.165, 1.54) is 12.0 Å². The van der Waals surface area contributed by atoms with Gasteiger partial charge in [-0.2, -0.15) is 4.98 Å². The van der Waals surface area contributed by atoms with Crippen molar-refractivity contribution in [2.24, 2.45) is 0 Å². The van der Waals surface area contributed by atoms with Crippen molar-refractivity contribution >= 4 is 44.9 Å². The van der Waals surface area contributed by atoms with Crippen LogP contribution in [-0.4, -0.2) is 41.4 Å². The summed E-state index contributed by atoms with van der Waals surface area (Å²) in [5.74, 6) is 1.66. The first-order chi connectivity index (χ1) is 12.8. The molecule has 0 bridgehead atoms. The van der Waals surface area contributed by atoms with Gasteiger partial charge in [-0.3, -0.25) is 0 Å². The normalized spacial score (nSPS) is 14.3. The zero-order valence-corrected chi connectivity index (χ0v) is 15.4. The fourth-order valence-electron chi connectivity index (χ4n) is 2.62. The van der Waals surface area contributed by atoms with Gasteiger partial charge < -0.3 is 24.8 Å². The minimum Gasteiger partial charge on any atom is -0.378 e. The van der Waals surface area contributed by atoms with Crippen LogP contribution in [0.1, 0.15) is 0 Å². The van der Waals surface area contributed by atoms with Gasteiger partial charge >= 0.3 is 0 Å². The van der Waals surface area contributed by atoms with E-state index < -0.39 is 0 Å². The van der Waals surface area contributed by atoms with Crippen molar-refractivity contribution in [3.63, 3.8) is 0 Å². The van der Waals surface area contributed by atoms with Crippen LogP contribution in [0, 0.1) is 0 Å². The molecule has 0 unspecified atom stereocenters. The van der Waals surface area contributed by atoms with Crippen LogP contribution in [0.2, 0.25) is 0 Å². The lowest BCUT2D eigenvalue weighted by atomic mass is 10.2. The molecule has 1 saturated heterocycles. The van der Waals surface area contributed by atoms with Gasteiger partial charge in [-0.15, -0.1) is 0 Å². The Morgan fingerprint density at radius 3 is 2.58 bits per heavy atom. The summed E-state index contributed by atoms with van der Waals surface area (Å²) in [6, 6.07) is 9.91. The maximum Gasteiger partial charge on any atom is 0.229 e. The maximum atomic E-state index is 5.39. The van der Waals surface area contributed by atoms with Crippen LogP contribution in [0.5, 0.6) is 0 Å². The summed E-state index contributed by atoms with van der Waals surface area (Å²) in [6.45, 7) is 3.38. The Hall–Kier alpha value is -2.65. The minimum absolute atomic E-state index is 0.485. The predicted molar refractivity (Wildman–Crippen MR) is 102 cm³/mol. The molecule has 3 aromatic rings. The lowest BCUT2D eigenvalue weighted by Crippen LogP contribution is -2.36. The highest BCUT2D eigenvalue weighted by atomic mass is 79.9. The third-order valence-electron chi connectivity index (χ3n) is 3.93. The number of anilines is 5. The molecule has 0 aliphatic carbocycles. The van der Waals surface area contributed by atoms with E-state index in [2.05, 4.69) is 58.7 Å². The molecule has 0 saturated carbocycles. The Balaban J connectivity index is 1.46. The van der Waals surface area contributed by atoms with E-state index in [1.54, 1.807) is 12.3 Å². The molecule has 0 amide bonds. The molecular formula is C17H17BrN6O2. The highest BCUT2D eigenvalue weighted by molar-refractivity contribution is 9.10. The summed E-state index contributed by atoms with van der Waals surface area (Å²) < 4.78 is 10.9. The predicted octanol–water partition coefficient (Wildman–Crippen LogP) is 3.55. The molecule has 0 radical (unpaired) electrons. The Labute approximate surface area is 158 Å². The molecule has 2 N–H and O–H groups in total. The first-order valence-corrected chi connectivity index (χ1v) is 8.97. The van der Waals surface area contributed by atoms with Gasteiger partial charge in [-0.05, 0) is 40.2 Å². The Morgan fingerprint density at radius 2 is 1.85 bits per heavy atom. The van der Waals surface area contributed by atoms with Crippen LogP contribution in [0.25, 0.3) is 0 Å². The van der Waals surface area contributed by atoms with E-state index in [0.717, 1.165) is 36.5 Å². The molecule has 0 spiro atoms. The molecule has 8 nitrogen and oxygen atoms in total. The highest BCUT2D eigenvalue weighted by Gasteiger charge is 2.11. The fourth-order valence-corrected chi connectivity index (χ4v) is 2.91. The zero-order chi connectivity index (χ0) is 17.8. The van der Waals surface area contributed by atoms with Crippen LogP contribution in [0.15, 0.2) is 51.8 Å². The smallest absolute Gasteiger partial charge is 0.229 e. The molecule has 1 aromatic carbocycles. The summed E-state index contributed by atoms with van der Waals surface area (Å²) in [5.41, 5.74) is 2.10. The maximum absolute atomic E-state index is 5.39. The first-order valence-electron chi connectivity index (χ1n) is 8.18. The van der Waals surface area contributed by atoms with Gasteiger partial charge in [-0.1, -0.05) is 5.16 Å². The van der Waals surface area contributed by atoms with Gasteiger partial charge in [0.05, 0.1) is 17.7 Å². The average molecular weight is 417 g/mol. The molecule has 134 valence electrons. The van der Waals surface area contributed by atoms with Crippen molar-refractivity contribution in [2.75, 3.05) is 41.8 Å². The number of hydrogen-bond acceptors (Lipinski definition) is 8. The van der Waals surface area contributed by atoms with Gasteiger partial charge in [0.25, 0.3) is 0 Å². The number of hydrogen-bond donors (Lipinski definition) is 2. The molecule has 4 rings (SSSR count). The van der Waals surface area contributed by atoms with Crippen LogP contribution >= 0.6 is 15.9 Å². The number of nitrogens with one attached hydrogen (secondary N) is 2. The van der Waals surface area contributed by atoms with Gasteiger partial charge in [0.2, 0.25) is 5.95 Å². The largest absolute Gasteiger partial charge is 0.378 e. The van der Waals surface area contributed by atoms with E-state index in [1.807, 2.05) is 12.1 Å². The molecule has 2 aromatic heterocycles. The number of morpholine rings is 1. The van der Waals surface area contributed by atoms with Crippen LogP contribution in [-0.2, 0) is 4.74 Å². The number of ether oxygens (including phenoxy) is 1. The highest BCUT2D eigenvalue weighted by Crippen LogP contribution is 2.25. The Morgan fingerprint density at radius 1 is 1.04 bits per heavy atom. The first kappa shape index (κ1) is 16.8. The second kappa shape index (κ2) is 7.71. The Bertz CT molecular complexity index is 850. The quantitative estimate of drug-likeness (QED) is 0.652. The lowest BCUT2D eigenvalue weighted by Gasteiger charge is -2.28. The summed E-state index contributed by atoms with van der Waals surface area (Å²) in [5, 5.41) is 10.1. The number of halogens is 1. The van der Waals surface area contributed by atoms with Crippen molar-refractivity contribution in [1.29, 1.82) is 0 Å². The molecule has 1 aliphatic heterocycles. The van der Waals surface area contributed by atoms with Crippen LogP contribution in [0.4, 0.5) is 29.0 Å². The average Bonchev–Trinajstić information content (AvgIpc) is 3.19. The van der Waals surface area contributed by atoms with Gasteiger partial charge in [0, 0.05) is 36.7 Å². The third kappa shape index (κ3) is 3.94. The third-order valence-corrected chi connectivity index (χ3v) is 4.51. The zero-order valence-electron chi connectivity index (χ0n) is 13.9. The van der Waals surface area contributed by atoms with Crippen LogP contribution < -0.4 is 15.5 Å². The number of benzene rings is 1.